The highest BCUT2D eigenvalue weighted by Gasteiger charge is 2.34. The molecule has 0 unspecified atom stereocenters. The van der Waals surface area contributed by atoms with Crippen molar-refractivity contribution in [2.24, 2.45) is 0 Å². The average molecular weight is 414 g/mol. The molecule has 0 saturated heterocycles. The minimum Gasteiger partial charge on any atom is -0.466 e. The van der Waals surface area contributed by atoms with Gasteiger partial charge in [-0.05, 0) is 18.2 Å². The Morgan fingerprint density at radius 2 is 2.17 bits per heavy atom. The molecule has 0 fully saturated rings. The van der Waals surface area contributed by atoms with Crippen molar-refractivity contribution in [2.45, 2.75) is 0 Å². The van der Waals surface area contributed by atoms with Crippen LogP contribution in [0.5, 0.6) is 11.6 Å². The van der Waals surface area contributed by atoms with Gasteiger partial charge >= 0.3 is 11.7 Å². The van der Waals surface area contributed by atoms with E-state index in [1.165, 1.54) is 36.4 Å². The van der Waals surface area contributed by atoms with Crippen molar-refractivity contribution in [3.63, 3.8) is 0 Å². The molecule has 3 rings (SSSR count). The van der Waals surface area contributed by atoms with E-state index in [4.69, 9.17) is 14.6 Å². The topological polar surface area (TPSA) is 144 Å². The van der Waals surface area contributed by atoms with Crippen molar-refractivity contribution in [3.05, 3.63) is 64.0 Å². The largest absolute Gasteiger partial charge is 0.466 e. The zero-order valence-electron chi connectivity index (χ0n) is 15.9. The Balaban J connectivity index is 1.86. The summed E-state index contributed by atoms with van der Waals surface area (Å²) in [4.78, 5) is 40.4. The number of benzene rings is 1. The van der Waals surface area contributed by atoms with Crippen LogP contribution < -0.4 is 10.1 Å². The second-order valence-corrected chi connectivity index (χ2v) is 6.14. The van der Waals surface area contributed by atoms with Crippen LogP contribution in [0.4, 0.5) is 11.4 Å². The van der Waals surface area contributed by atoms with E-state index in [1.807, 2.05) is 0 Å². The first-order valence-corrected chi connectivity index (χ1v) is 8.80. The van der Waals surface area contributed by atoms with Crippen molar-refractivity contribution in [1.82, 2.24) is 9.88 Å². The summed E-state index contributed by atoms with van der Waals surface area (Å²) >= 11 is 0. The number of methoxy groups -OCH3 is 1. The van der Waals surface area contributed by atoms with Gasteiger partial charge < -0.3 is 24.8 Å². The molecule has 30 heavy (non-hydrogen) atoms. The van der Waals surface area contributed by atoms with Gasteiger partial charge in [0.05, 0.1) is 30.8 Å². The number of nitrogens with zero attached hydrogens (tertiary/aromatic N) is 3. The fourth-order valence-corrected chi connectivity index (χ4v) is 2.84. The maximum Gasteiger partial charge on any atom is 0.337 e. The molecule has 0 atom stereocenters. The Hall–Kier alpha value is -3.99. The zero-order valence-corrected chi connectivity index (χ0v) is 15.9. The molecule has 1 aromatic carbocycles. The second-order valence-electron chi connectivity index (χ2n) is 6.14. The van der Waals surface area contributed by atoms with Gasteiger partial charge in [-0.15, -0.1) is 0 Å². The van der Waals surface area contributed by atoms with Gasteiger partial charge in [0, 0.05) is 30.6 Å². The maximum absolute atomic E-state index is 12.6. The molecule has 2 heterocycles. The third-order valence-electron chi connectivity index (χ3n) is 4.22. The number of aliphatic hydroxyl groups is 1. The maximum atomic E-state index is 12.6. The lowest BCUT2D eigenvalue weighted by Gasteiger charge is -2.15. The third-order valence-corrected chi connectivity index (χ3v) is 4.22. The molecule has 2 aromatic rings. The molecule has 0 spiro atoms. The number of aliphatic hydroxyl groups excluding tert-OH is 1. The van der Waals surface area contributed by atoms with Crippen LogP contribution in [0, 0.1) is 10.1 Å². The molecule has 0 bridgehead atoms. The molecule has 1 aliphatic rings. The Kier molecular flexibility index (Phi) is 6.23. The number of pyridine rings is 1. The van der Waals surface area contributed by atoms with E-state index in [0.717, 1.165) is 0 Å². The number of nitro groups is 1. The highest BCUT2D eigenvalue weighted by molar-refractivity contribution is 6.08. The van der Waals surface area contributed by atoms with Gasteiger partial charge in [-0.25, -0.2) is 9.78 Å². The number of amides is 1. The number of carbonyl (C=O) groups excluding carboxylic acids is 2. The van der Waals surface area contributed by atoms with Crippen LogP contribution >= 0.6 is 0 Å². The molecule has 1 aliphatic heterocycles. The van der Waals surface area contributed by atoms with Gasteiger partial charge in [-0.3, -0.25) is 14.9 Å². The number of rotatable bonds is 8. The minimum absolute atomic E-state index is 0.00468. The molecule has 0 radical (unpaired) electrons. The summed E-state index contributed by atoms with van der Waals surface area (Å²) in [6.07, 6.45) is 1.37. The third kappa shape index (κ3) is 4.36. The Bertz CT molecular complexity index is 1020. The minimum atomic E-state index is -0.664. The van der Waals surface area contributed by atoms with E-state index < -0.39 is 16.8 Å². The Morgan fingerprint density at radius 1 is 1.37 bits per heavy atom. The van der Waals surface area contributed by atoms with Crippen molar-refractivity contribution < 1.29 is 29.1 Å². The lowest BCUT2D eigenvalue weighted by atomic mass is 10.2. The zero-order chi connectivity index (χ0) is 21.7. The molecule has 0 aliphatic carbocycles. The van der Waals surface area contributed by atoms with Gasteiger partial charge in [0.15, 0.2) is 0 Å². The van der Waals surface area contributed by atoms with E-state index in [-0.39, 0.29) is 48.3 Å². The fraction of sp³-hybridized carbons (Fsp3) is 0.211. The van der Waals surface area contributed by atoms with Gasteiger partial charge in [-0.2, -0.15) is 0 Å². The number of carbonyl (C=O) groups is 2. The van der Waals surface area contributed by atoms with Crippen LogP contribution in [0.2, 0.25) is 0 Å². The van der Waals surface area contributed by atoms with Crippen LogP contribution in [-0.4, -0.2) is 58.6 Å². The predicted molar refractivity (Wildman–Crippen MR) is 104 cm³/mol. The molecule has 156 valence electrons. The summed E-state index contributed by atoms with van der Waals surface area (Å²) in [6, 6.07) is 8.99. The van der Waals surface area contributed by atoms with Crippen LogP contribution in [0.3, 0.4) is 0 Å². The van der Waals surface area contributed by atoms with Crippen molar-refractivity contribution in [1.29, 1.82) is 0 Å². The first-order chi connectivity index (χ1) is 14.4. The van der Waals surface area contributed by atoms with Crippen molar-refractivity contribution >= 4 is 23.3 Å². The SMILES string of the molecule is COC(=O)C1=C(Nc2cccc(Oc3ncccc3[N+](=O)[O-])c2)C(=O)N(CCO)C1. The molecule has 11 heteroatoms. The highest BCUT2D eigenvalue weighted by atomic mass is 16.6. The second kappa shape index (κ2) is 9.01. The summed E-state index contributed by atoms with van der Waals surface area (Å²) in [7, 11) is 1.21. The summed E-state index contributed by atoms with van der Waals surface area (Å²) < 4.78 is 10.3. The quantitative estimate of drug-likeness (QED) is 0.372. The molecular formula is C19H18N4O7. The molecule has 1 amide bonds. The molecule has 0 saturated carbocycles. The normalized spacial score (nSPS) is 13.4. The van der Waals surface area contributed by atoms with Crippen molar-refractivity contribution in [3.8, 4) is 11.6 Å². The van der Waals surface area contributed by atoms with E-state index >= 15 is 0 Å². The van der Waals surface area contributed by atoms with E-state index in [2.05, 4.69) is 10.3 Å². The van der Waals surface area contributed by atoms with E-state index in [1.54, 1.807) is 18.2 Å². The molecule has 2 N–H and O–H groups in total. The fourth-order valence-electron chi connectivity index (χ4n) is 2.84. The summed E-state index contributed by atoms with van der Waals surface area (Å²) in [5.41, 5.74) is 0.262. The van der Waals surface area contributed by atoms with Crippen LogP contribution in [0.25, 0.3) is 0 Å². The van der Waals surface area contributed by atoms with E-state index in [9.17, 15) is 19.7 Å². The van der Waals surface area contributed by atoms with Crippen molar-refractivity contribution in [2.75, 3.05) is 32.1 Å². The predicted octanol–water partition coefficient (Wildman–Crippen LogP) is 1.46. The van der Waals surface area contributed by atoms with Crippen LogP contribution in [0.1, 0.15) is 0 Å². The van der Waals surface area contributed by atoms with Crippen LogP contribution in [-0.2, 0) is 14.3 Å². The number of hydrogen-bond donors (Lipinski definition) is 2. The van der Waals surface area contributed by atoms with E-state index in [0.29, 0.717) is 5.69 Å². The summed E-state index contributed by atoms with van der Waals surface area (Å²) in [5.74, 6) is -1.07. The lowest BCUT2D eigenvalue weighted by molar-refractivity contribution is -0.386. The lowest BCUT2D eigenvalue weighted by Crippen LogP contribution is -2.31. The number of esters is 1. The monoisotopic (exact) mass is 414 g/mol. The first-order valence-electron chi connectivity index (χ1n) is 8.80. The average Bonchev–Trinajstić information content (AvgIpc) is 3.04. The number of aromatic nitrogens is 1. The number of nitrogens with one attached hydrogen (secondary N) is 1. The number of hydrogen-bond acceptors (Lipinski definition) is 9. The van der Waals surface area contributed by atoms with Gasteiger partial charge in [-0.1, -0.05) is 6.07 Å². The Morgan fingerprint density at radius 3 is 2.87 bits per heavy atom. The molecular weight excluding hydrogens is 396 g/mol. The standard InChI is InChI=1S/C19H18N4O7/c1-29-19(26)14-11-22(8-9-24)18(25)16(14)21-12-4-2-5-13(10-12)30-17-15(23(27)28)6-3-7-20-17/h2-7,10,21,24H,8-9,11H2,1H3. The van der Waals surface area contributed by atoms with Crippen LogP contribution in [0.15, 0.2) is 53.9 Å². The molecule has 11 nitrogen and oxygen atoms in total. The highest BCUT2D eigenvalue weighted by Crippen LogP contribution is 2.30. The molecule has 1 aromatic heterocycles. The van der Waals surface area contributed by atoms with Gasteiger partial charge in [0.2, 0.25) is 0 Å². The van der Waals surface area contributed by atoms with Gasteiger partial charge in [0.25, 0.3) is 11.8 Å². The van der Waals surface area contributed by atoms with Gasteiger partial charge in [0.1, 0.15) is 11.4 Å². The summed E-state index contributed by atoms with van der Waals surface area (Å²) in [6.45, 7) is -0.179. The number of ether oxygens (including phenoxy) is 2. The first kappa shape index (κ1) is 20.7. The summed E-state index contributed by atoms with van der Waals surface area (Å²) in [5, 5.41) is 23.1. The Labute approximate surface area is 170 Å². The number of anilines is 1. The number of β-amino-alcohol motifs (C(OH)–C–C–N with tert-alkyl or cyclic N) is 1. The smallest absolute Gasteiger partial charge is 0.337 e.